The Balaban J connectivity index is 2.42. The molecule has 6 nitrogen and oxygen atoms in total. The molecule has 0 saturated heterocycles. The van der Waals surface area contributed by atoms with Crippen LogP contribution in [0.25, 0.3) is 0 Å². The summed E-state index contributed by atoms with van der Waals surface area (Å²) in [5.74, 6) is -0.0633. The van der Waals surface area contributed by atoms with Crippen molar-refractivity contribution in [2.45, 2.75) is 0 Å². The minimum absolute atomic E-state index is 0.0522. The standard InChI is InChI=1S/C13H9Cl2N3O3/c1-17(11-4-2-3-5-16-11)13(19)8-6-9(14)12(15)10(7-8)18(20)21/h2-7H,1H3. The van der Waals surface area contributed by atoms with E-state index in [9.17, 15) is 14.9 Å². The van der Waals surface area contributed by atoms with Crippen LogP contribution in [0.5, 0.6) is 0 Å². The molecule has 108 valence electrons. The van der Waals surface area contributed by atoms with Gasteiger partial charge in [-0.05, 0) is 18.2 Å². The van der Waals surface area contributed by atoms with E-state index in [1.165, 1.54) is 24.2 Å². The van der Waals surface area contributed by atoms with Crippen molar-refractivity contribution in [1.82, 2.24) is 4.98 Å². The molecule has 0 fully saturated rings. The smallest absolute Gasteiger partial charge is 0.290 e. The maximum atomic E-state index is 12.3. The Bertz CT molecular complexity index is 707. The fraction of sp³-hybridized carbons (Fsp3) is 0.0769. The largest absolute Gasteiger partial charge is 0.296 e. The number of hydrogen-bond donors (Lipinski definition) is 0. The highest BCUT2D eigenvalue weighted by Crippen LogP contribution is 2.33. The fourth-order valence-corrected chi connectivity index (χ4v) is 2.07. The van der Waals surface area contributed by atoms with Crippen molar-refractivity contribution in [3.63, 3.8) is 0 Å². The third-order valence-corrected chi connectivity index (χ3v) is 3.54. The highest BCUT2D eigenvalue weighted by molar-refractivity contribution is 6.43. The highest BCUT2D eigenvalue weighted by Gasteiger charge is 2.22. The lowest BCUT2D eigenvalue weighted by Gasteiger charge is -2.16. The molecule has 0 N–H and O–H groups in total. The quantitative estimate of drug-likeness (QED) is 0.638. The van der Waals surface area contributed by atoms with Gasteiger partial charge in [0.2, 0.25) is 0 Å². The molecule has 1 aromatic heterocycles. The summed E-state index contributed by atoms with van der Waals surface area (Å²) >= 11 is 11.6. The average Bonchev–Trinajstić information content (AvgIpc) is 2.49. The summed E-state index contributed by atoms with van der Waals surface area (Å²) < 4.78 is 0. The number of carbonyl (C=O) groups excluding carboxylic acids is 1. The van der Waals surface area contributed by atoms with Crippen LogP contribution in [0.1, 0.15) is 10.4 Å². The number of anilines is 1. The molecule has 0 saturated carbocycles. The zero-order valence-electron chi connectivity index (χ0n) is 10.8. The van der Waals surface area contributed by atoms with Crippen LogP contribution in [-0.4, -0.2) is 22.9 Å². The molecule has 0 unspecified atom stereocenters. The highest BCUT2D eigenvalue weighted by atomic mass is 35.5. The van der Waals surface area contributed by atoms with Gasteiger partial charge in [0, 0.05) is 24.9 Å². The zero-order valence-corrected chi connectivity index (χ0v) is 12.3. The number of aromatic nitrogens is 1. The molecule has 0 atom stereocenters. The Morgan fingerprint density at radius 1 is 1.33 bits per heavy atom. The van der Waals surface area contributed by atoms with Gasteiger partial charge in [0.05, 0.1) is 9.95 Å². The van der Waals surface area contributed by atoms with E-state index in [1.807, 2.05) is 0 Å². The zero-order chi connectivity index (χ0) is 15.6. The maximum absolute atomic E-state index is 12.3. The predicted molar refractivity (Wildman–Crippen MR) is 80.1 cm³/mol. The first-order valence-corrected chi connectivity index (χ1v) is 6.50. The summed E-state index contributed by atoms with van der Waals surface area (Å²) in [6, 6.07) is 7.47. The summed E-state index contributed by atoms with van der Waals surface area (Å²) in [5, 5.41) is 10.7. The molecular formula is C13H9Cl2N3O3. The molecule has 0 aliphatic rings. The molecular weight excluding hydrogens is 317 g/mol. The number of benzene rings is 1. The van der Waals surface area contributed by atoms with E-state index in [0.717, 1.165) is 6.07 Å². The Morgan fingerprint density at radius 3 is 2.62 bits per heavy atom. The van der Waals surface area contributed by atoms with E-state index >= 15 is 0 Å². The molecule has 8 heteroatoms. The van der Waals surface area contributed by atoms with Gasteiger partial charge in [-0.15, -0.1) is 0 Å². The van der Waals surface area contributed by atoms with Gasteiger partial charge >= 0.3 is 0 Å². The van der Waals surface area contributed by atoms with Gasteiger partial charge in [0.15, 0.2) is 0 Å². The molecule has 0 spiro atoms. The molecule has 21 heavy (non-hydrogen) atoms. The minimum Gasteiger partial charge on any atom is -0.296 e. The Labute approximate surface area is 130 Å². The van der Waals surface area contributed by atoms with Gasteiger partial charge in [0.25, 0.3) is 11.6 Å². The first-order valence-electron chi connectivity index (χ1n) is 5.74. The van der Waals surface area contributed by atoms with Crippen LogP contribution in [0.3, 0.4) is 0 Å². The number of amides is 1. The van der Waals surface area contributed by atoms with E-state index in [4.69, 9.17) is 23.2 Å². The van der Waals surface area contributed by atoms with Crippen molar-refractivity contribution in [2.24, 2.45) is 0 Å². The van der Waals surface area contributed by atoms with Crippen molar-refractivity contribution in [2.75, 3.05) is 11.9 Å². The van der Waals surface area contributed by atoms with Crippen molar-refractivity contribution in [1.29, 1.82) is 0 Å². The van der Waals surface area contributed by atoms with Crippen LogP contribution in [-0.2, 0) is 0 Å². The molecule has 0 aliphatic carbocycles. The van der Waals surface area contributed by atoms with E-state index in [2.05, 4.69) is 4.98 Å². The van der Waals surface area contributed by atoms with E-state index in [0.29, 0.717) is 5.82 Å². The van der Waals surface area contributed by atoms with E-state index in [-0.39, 0.29) is 15.6 Å². The van der Waals surface area contributed by atoms with Crippen LogP contribution in [0, 0.1) is 10.1 Å². The van der Waals surface area contributed by atoms with Crippen LogP contribution in [0.4, 0.5) is 11.5 Å². The van der Waals surface area contributed by atoms with Gasteiger partial charge in [-0.1, -0.05) is 29.3 Å². The summed E-state index contributed by atoms with van der Waals surface area (Å²) in [6.07, 6.45) is 1.54. The minimum atomic E-state index is -0.689. The molecule has 1 heterocycles. The number of nitro benzene ring substituents is 1. The molecule has 0 bridgehead atoms. The van der Waals surface area contributed by atoms with Gasteiger partial charge < -0.3 is 0 Å². The molecule has 2 aromatic rings. The number of nitro groups is 1. The van der Waals surface area contributed by atoms with E-state index in [1.54, 1.807) is 18.2 Å². The molecule has 2 rings (SSSR count). The number of nitrogens with zero attached hydrogens (tertiary/aromatic N) is 3. The topological polar surface area (TPSA) is 76.3 Å². The second-order valence-electron chi connectivity index (χ2n) is 4.10. The van der Waals surface area contributed by atoms with Crippen molar-refractivity contribution < 1.29 is 9.72 Å². The number of pyridine rings is 1. The van der Waals surface area contributed by atoms with Gasteiger partial charge in [-0.2, -0.15) is 0 Å². The lowest BCUT2D eigenvalue weighted by Crippen LogP contribution is -2.27. The first-order chi connectivity index (χ1) is 9.91. The monoisotopic (exact) mass is 325 g/mol. The summed E-state index contributed by atoms with van der Waals surface area (Å²) in [4.78, 5) is 27.9. The van der Waals surface area contributed by atoms with Crippen molar-refractivity contribution in [3.05, 3.63) is 62.3 Å². The predicted octanol–water partition coefficient (Wildman–Crippen LogP) is 3.57. The Morgan fingerprint density at radius 2 is 2.05 bits per heavy atom. The molecule has 0 radical (unpaired) electrons. The Kier molecular flexibility index (Phi) is 4.40. The maximum Gasteiger partial charge on any atom is 0.290 e. The van der Waals surface area contributed by atoms with Crippen molar-refractivity contribution >= 4 is 40.6 Å². The van der Waals surface area contributed by atoms with Crippen molar-refractivity contribution in [3.8, 4) is 0 Å². The van der Waals surface area contributed by atoms with E-state index < -0.39 is 16.5 Å². The van der Waals surface area contributed by atoms with Crippen LogP contribution < -0.4 is 4.90 Å². The van der Waals surface area contributed by atoms with Gasteiger partial charge in [0.1, 0.15) is 10.8 Å². The summed E-state index contributed by atoms with van der Waals surface area (Å²) in [7, 11) is 1.51. The normalized spacial score (nSPS) is 10.2. The number of halogens is 2. The van der Waals surface area contributed by atoms with Crippen LogP contribution in [0.2, 0.25) is 10.0 Å². The fourth-order valence-electron chi connectivity index (χ4n) is 1.68. The third-order valence-electron chi connectivity index (χ3n) is 2.75. The van der Waals surface area contributed by atoms with Crippen LogP contribution >= 0.6 is 23.2 Å². The first kappa shape index (κ1) is 15.2. The molecule has 0 aliphatic heterocycles. The number of hydrogen-bond acceptors (Lipinski definition) is 4. The number of rotatable bonds is 3. The lowest BCUT2D eigenvalue weighted by atomic mass is 10.1. The van der Waals surface area contributed by atoms with Crippen LogP contribution in [0.15, 0.2) is 36.5 Å². The molecule has 1 amide bonds. The Hall–Kier alpha value is -2.18. The van der Waals surface area contributed by atoms with Gasteiger partial charge in [-0.3, -0.25) is 19.8 Å². The SMILES string of the molecule is CN(C(=O)c1cc(Cl)c(Cl)c([N+](=O)[O-])c1)c1ccccn1. The number of carbonyl (C=O) groups is 1. The molecule has 1 aromatic carbocycles. The second kappa shape index (κ2) is 6.07. The third kappa shape index (κ3) is 3.12. The second-order valence-corrected chi connectivity index (χ2v) is 4.89. The summed E-state index contributed by atoms with van der Waals surface area (Å²) in [5.41, 5.74) is -0.355. The van der Waals surface area contributed by atoms with Gasteiger partial charge in [-0.25, -0.2) is 4.98 Å². The lowest BCUT2D eigenvalue weighted by molar-refractivity contribution is -0.384. The summed E-state index contributed by atoms with van der Waals surface area (Å²) in [6.45, 7) is 0. The average molecular weight is 326 g/mol.